The first-order valence-corrected chi connectivity index (χ1v) is 4.64. The number of halogens is 1. The zero-order valence-corrected chi connectivity index (χ0v) is 8.84. The minimum atomic E-state index is -0.349. The monoisotopic (exact) mass is 211 g/mol. The fourth-order valence-corrected chi connectivity index (χ4v) is 1.28. The third-order valence-corrected chi connectivity index (χ3v) is 2.00. The predicted molar refractivity (Wildman–Crippen MR) is 55.4 cm³/mol. The number of carbonyl (C=O) groups excluding carboxylic acids is 1. The normalized spacial score (nSPS) is 10.3. The van der Waals surface area contributed by atoms with Gasteiger partial charge in [-0.15, -0.1) is 0 Å². The van der Waals surface area contributed by atoms with Crippen molar-refractivity contribution in [1.82, 2.24) is 5.32 Å². The van der Waals surface area contributed by atoms with Crippen LogP contribution in [0.5, 0.6) is 0 Å². The van der Waals surface area contributed by atoms with Gasteiger partial charge in [-0.05, 0) is 25.2 Å². The predicted octanol–water partition coefficient (Wildman–Crippen LogP) is 1.37. The number of ketones is 1. The molecule has 0 bridgehead atoms. The summed E-state index contributed by atoms with van der Waals surface area (Å²) in [5.74, 6) is -0.410. The Balaban J connectivity index is 2.91. The number of Topliss-reactive ketones (excluding diaryl/α,β-unsaturated/α-hetero) is 1. The van der Waals surface area contributed by atoms with Crippen LogP contribution in [0.1, 0.15) is 15.9 Å². The minimum Gasteiger partial charge on any atom is -0.380 e. The molecule has 3 nitrogen and oxygen atoms in total. The van der Waals surface area contributed by atoms with Gasteiger partial charge < -0.3 is 10.1 Å². The fourth-order valence-electron chi connectivity index (χ4n) is 1.28. The van der Waals surface area contributed by atoms with E-state index in [0.717, 1.165) is 0 Å². The first kappa shape index (κ1) is 11.8. The summed E-state index contributed by atoms with van der Waals surface area (Å²) in [6.45, 7) is 0.421. The Morgan fingerprint density at radius 3 is 2.87 bits per heavy atom. The molecular weight excluding hydrogens is 197 g/mol. The molecule has 0 atom stereocenters. The molecule has 0 aromatic heterocycles. The lowest BCUT2D eigenvalue weighted by atomic mass is 10.1. The summed E-state index contributed by atoms with van der Waals surface area (Å²) in [6.07, 6.45) is 0. The second kappa shape index (κ2) is 5.58. The van der Waals surface area contributed by atoms with Gasteiger partial charge in [0.1, 0.15) is 5.82 Å². The van der Waals surface area contributed by atoms with Gasteiger partial charge in [-0.1, -0.05) is 0 Å². The van der Waals surface area contributed by atoms with Gasteiger partial charge in [0, 0.05) is 18.2 Å². The molecule has 1 N–H and O–H groups in total. The highest BCUT2D eigenvalue weighted by Crippen LogP contribution is 2.12. The third kappa shape index (κ3) is 3.11. The summed E-state index contributed by atoms with van der Waals surface area (Å²) < 4.78 is 18.0. The van der Waals surface area contributed by atoms with Crippen molar-refractivity contribution in [1.29, 1.82) is 0 Å². The molecule has 0 saturated heterocycles. The van der Waals surface area contributed by atoms with Crippen LogP contribution in [0.25, 0.3) is 0 Å². The zero-order valence-electron chi connectivity index (χ0n) is 8.84. The Hall–Kier alpha value is -1.26. The van der Waals surface area contributed by atoms with Crippen LogP contribution in [0, 0.1) is 5.82 Å². The number of carbonyl (C=O) groups is 1. The van der Waals surface area contributed by atoms with Crippen LogP contribution in [0.2, 0.25) is 0 Å². The molecule has 15 heavy (non-hydrogen) atoms. The number of hydrogen-bond donors (Lipinski definition) is 1. The lowest BCUT2D eigenvalue weighted by molar-refractivity contribution is 0.0993. The highest BCUT2D eigenvalue weighted by atomic mass is 19.1. The molecule has 0 aliphatic heterocycles. The largest absolute Gasteiger partial charge is 0.380 e. The van der Waals surface area contributed by atoms with E-state index >= 15 is 0 Å². The van der Waals surface area contributed by atoms with E-state index in [1.807, 2.05) is 0 Å². The van der Waals surface area contributed by atoms with Crippen LogP contribution in [-0.2, 0) is 11.3 Å². The van der Waals surface area contributed by atoms with Gasteiger partial charge in [0.05, 0.1) is 13.2 Å². The molecule has 1 aromatic carbocycles. The van der Waals surface area contributed by atoms with Gasteiger partial charge >= 0.3 is 0 Å². The average molecular weight is 211 g/mol. The number of methoxy groups -OCH3 is 1. The van der Waals surface area contributed by atoms with E-state index in [9.17, 15) is 9.18 Å². The van der Waals surface area contributed by atoms with Crippen molar-refractivity contribution >= 4 is 5.78 Å². The van der Waals surface area contributed by atoms with E-state index in [-0.39, 0.29) is 24.8 Å². The molecular formula is C11H14FNO2. The molecule has 0 unspecified atom stereocenters. The van der Waals surface area contributed by atoms with Crippen molar-refractivity contribution in [3.8, 4) is 0 Å². The van der Waals surface area contributed by atoms with Crippen molar-refractivity contribution in [2.75, 3.05) is 20.7 Å². The van der Waals surface area contributed by atoms with Crippen molar-refractivity contribution in [3.05, 3.63) is 35.1 Å². The highest BCUT2D eigenvalue weighted by molar-refractivity contribution is 5.97. The standard InChI is InChI=1S/C11H14FNO2/c1-13-6-11(14)8-3-4-10(12)9(5-8)7-15-2/h3-5,13H,6-7H2,1-2H3. The summed E-state index contributed by atoms with van der Waals surface area (Å²) in [6, 6.07) is 4.30. The Kier molecular flexibility index (Phi) is 4.39. The van der Waals surface area contributed by atoms with Crippen molar-refractivity contribution in [2.45, 2.75) is 6.61 Å². The smallest absolute Gasteiger partial charge is 0.176 e. The quantitative estimate of drug-likeness (QED) is 0.748. The van der Waals surface area contributed by atoms with Gasteiger partial charge in [0.15, 0.2) is 5.78 Å². The number of nitrogens with one attached hydrogen (secondary N) is 1. The molecule has 0 aliphatic rings. The van der Waals surface area contributed by atoms with Gasteiger partial charge in [-0.3, -0.25) is 4.79 Å². The molecule has 4 heteroatoms. The second-order valence-electron chi connectivity index (χ2n) is 3.19. The van der Waals surface area contributed by atoms with E-state index in [1.165, 1.54) is 25.3 Å². The van der Waals surface area contributed by atoms with Crippen LogP contribution >= 0.6 is 0 Å². The average Bonchev–Trinajstić information content (AvgIpc) is 2.22. The summed E-state index contributed by atoms with van der Waals surface area (Å²) in [4.78, 5) is 11.5. The molecule has 0 heterocycles. The molecule has 0 saturated carbocycles. The van der Waals surface area contributed by atoms with E-state index < -0.39 is 0 Å². The summed E-state index contributed by atoms with van der Waals surface area (Å²) in [7, 11) is 3.18. The lowest BCUT2D eigenvalue weighted by Gasteiger charge is -2.05. The van der Waals surface area contributed by atoms with Gasteiger partial charge in [0.25, 0.3) is 0 Å². The summed E-state index contributed by atoms with van der Waals surface area (Å²) in [5, 5.41) is 2.76. The third-order valence-electron chi connectivity index (χ3n) is 2.00. The van der Waals surface area contributed by atoms with Crippen molar-refractivity contribution in [3.63, 3.8) is 0 Å². The molecule has 82 valence electrons. The number of ether oxygens (including phenoxy) is 1. The molecule has 0 amide bonds. The molecule has 0 aliphatic carbocycles. The molecule has 0 fully saturated rings. The zero-order chi connectivity index (χ0) is 11.3. The highest BCUT2D eigenvalue weighted by Gasteiger charge is 2.08. The molecule has 0 radical (unpaired) electrons. The number of rotatable bonds is 5. The first-order chi connectivity index (χ1) is 7.19. The van der Waals surface area contributed by atoms with E-state index in [2.05, 4.69) is 5.32 Å². The van der Waals surface area contributed by atoms with Crippen molar-refractivity contribution < 1.29 is 13.9 Å². The Bertz CT molecular complexity index is 352. The van der Waals surface area contributed by atoms with Gasteiger partial charge in [-0.2, -0.15) is 0 Å². The molecule has 0 spiro atoms. The van der Waals surface area contributed by atoms with Crippen LogP contribution in [0.15, 0.2) is 18.2 Å². The fraction of sp³-hybridized carbons (Fsp3) is 0.364. The van der Waals surface area contributed by atoms with Gasteiger partial charge in [-0.25, -0.2) is 4.39 Å². The Morgan fingerprint density at radius 2 is 2.27 bits per heavy atom. The lowest BCUT2D eigenvalue weighted by Crippen LogP contribution is -2.18. The number of likely N-dealkylation sites (N-methyl/N-ethyl adjacent to an activating group) is 1. The van der Waals surface area contributed by atoms with E-state index in [4.69, 9.17) is 4.74 Å². The summed E-state index contributed by atoms with van der Waals surface area (Å²) in [5.41, 5.74) is 0.900. The second-order valence-corrected chi connectivity index (χ2v) is 3.19. The summed E-state index contributed by atoms with van der Waals surface area (Å²) >= 11 is 0. The number of hydrogen-bond acceptors (Lipinski definition) is 3. The SMILES string of the molecule is CNCC(=O)c1ccc(F)c(COC)c1. The van der Waals surface area contributed by atoms with E-state index in [0.29, 0.717) is 11.1 Å². The van der Waals surface area contributed by atoms with Crippen LogP contribution in [0.3, 0.4) is 0 Å². The van der Waals surface area contributed by atoms with E-state index in [1.54, 1.807) is 7.05 Å². The Labute approximate surface area is 88.2 Å². The first-order valence-electron chi connectivity index (χ1n) is 4.64. The molecule has 1 rings (SSSR count). The maximum atomic E-state index is 13.2. The maximum absolute atomic E-state index is 13.2. The number of benzene rings is 1. The van der Waals surface area contributed by atoms with Gasteiger partial charge in [0.2, 0.25) is 0 Å². The minimum absolute atomic E-state index is 0.0603. The van der Waals surface area contributed by atoms with Crippen LogP contribution in [-0.4, -0.2) is 26.5 Å². The van der Waals surface area contributed by atoms with Crippen molar-refractivity contribution in [2.24, 2.45) is 0 Å². The van der Waals surface area contributed by atoms with Crippen LogP contribution in [0.4, 0.5) is 4.39 Å². The molecule has 1 aromatic rings. The van der Waals surface area contributed by atoms with Crippen LogP contribution < -0.4 is 5.32 Å². The Morgan fingerprint density at radius 1 is 1.53 bits per heavy atom. The topological polar surface area (TPSA) is 38.3 Å². The maximum Gasteiger partial charge on any atom is 0.176 e.